The summed E-state index contributed by atoms with van der Waals surface area (Å²) >= 11 is 12.2. The van der Waals surface area contributed by atoms with Gasteiger partial charge in [0.05, 0.1) is 5.69 Å². The highest BCUT2D eigenvalue weighted by Gasteiger charge is 2.39. The maximum atomic E-state index is 12.7. The minimum absolute atomic E-state index is 0.0627. The number of benzene rings is 2. The minimum Gasteiger partial charge on any atom is -0.349 e. The van der Waals surface area contributed by atoms with Crippen molar-refractivity contribution in [3.63, 3.8) is 0 Å². The van der Waals surface area contributed by atoms with Gasteiger partial charge in [0.1, 0.15) is 10.7 Å². The van der Waals surface area contributed by atoms with Gasteiger partial charge in [-0.3, -0.25) is 9.59 Å². The van der Waals surface area contributed by atoms with Crippen molar-refractivity contribution in [2.45, 2.75) is 13.8 Å². The van der Waals surface area contributed by atoms with Crippen LogP contribution in [-0.4, -0.2) is 11.8 Å². The zero-order valence-electron chi connectivity index (χ0n) is 13.1. The van der Waals surface area contributed by atoms with Crippen LogP contribution >= 0.6 is 23.2 Å². The van der Waals surface area contributed by atoms with E-state index in [9.17, 15) is 9.59 Å². The number of hydrogen-bond acceptors (Lipinski definition) is 3. The number of para-hydroxylation sites is 1. The fourth-order valence-electron chi connectivity index (χ4n) is 2.41. The lowest BCUT2D eigenvalue weighted by Gasteiger charge is -2.16. The van der Waals surface area contributed by atoms with Crippen molar-refractivity contribution in [1.82, 2.24) is 0 Å². The van der Waals surface area contributed by atoms with Crippen molar-refractivity contribution in [1.29, 1.82) is 0 Å². The van der Waals surface area contributed by atoms with Crippen LogP contribution in [0.2, 0.25) is 5.02 Å². The first-order chi connectivity index (χ1) is 11.4. The molecule has 3 rings (SSSR count). The first-order valence-electron chi connectivity index (χ1n) is 7.27. The normalized spacial score (nSPS) is 14.6. The summed E-state index contributed by atoms with van der Waals surface area (Å²) in [5.41, 5.74) is 2.96. The molecule has 0 saturated heterocycles. The molecule has 1 N–H and O–H groups in total. The number of carbonyl (C=O) groups excluding carboxylic acids is 2. The quantitative estimate of drug-likeness (QED) is 0.825. The van der Waals surface area contributed by atoms with Crippen LogP contribution in [0.15, 0.2) is 53.2 Å². The van der Waals surface area contributed by atoms with Gasteiger partial charge in [-0.1, -0.05) is 47.5 Å². The number of amides is 2. The Kier molecular flexibility index (Phi) is 4.35. The highest BCUT2D eigenvalue weighted by Crippen LogP contribution is 2.32. The summed E-state index contributed by atoms with van der Waals surface area (Å²) in [5, 5.41) is 3.30. The van der Waals surface area contributed by atoms with Crippen molar-refractivity contribution < 1.29 is 9.59 Å². The average molecular weight is 361 g/mol. The molecule has 2 amide bonds. The molecule has 1 aliphatic rings. The van der Waals surface area contributed by atoms with E-state index in [1.807, 2.05) is 38.1 Å². The molecule has 2 aromatic rings. The van der Waals surface area contributed by atoms with E-state index in [0.29, 0.717) is 10.7 Å². The molecule has 0 aromatic heterocycles. The number of nitrogens with zero attached hydrogens (tertiary/aromatic N) is 1. The van der Waals surface area contributed by atoms with Crippen molar-refractivity contribution in [3.05, 3.63) is 69.3 Å². The van der Waals surface area contributed by atoms with Crippen molar-refractivity contribution >= 4 is 46.4 Å². The Morgan fingerprint density at radius 3 is 2.29 bits per heavy atom. The van der Waals surface area contributed by atoms with Crippen LogP contribution < -0.4 is 10.2 Å². The van der Waals surface area contributed by atoms with Crippen LogP contribution in [0.4, 0.5) is 11.4 Å². The predicted molar refractivity (Wildman–Crippen MR) is 96.4 cm³/mol. The van der Waals surface area contributed by atoms with Crippen LogP contribution in [0.1, 0.15) is 11.1 Å². The molecule has 24 heavy (non-hydrogen) atoms. The average Bonchev–Trinajstić information content (AvgIpc) is 2.76. The second-order valence-corrected chi connectivity index (χ2v) is 6.29. The Bertz CT molecular complexity index is 890. The third-order valence-corrected chi connectivity index (χ3v) is 4.60. The maximum Gasteiger partial charge on any atom is 0.283 e. The van der Waals surface area contributed by atoms with Crippen LogP contribution in [0.5, 0.6) is 0 Å². The fraction of sp³-hybridized carbons (Fsp3) is 0.111. The molecule has 122 valence electrons. The molecule has 0 spiro atoms. The molecule has 1 heterocycles. The highest BCUT2D eigenvalue weighted by atomic mass is 35.5. The second-order valence-electron chi connectivity index (χ2n) is 5.51. The molecule has 2 aromatic carbocycles. The molecule has 4 nitrogen and oxygen atoms in total. The summed E-state index contributed by atoms with van der Waals surface area (Å²) in [4.78, 5) is 26.1. The summed E-state index contributed by atoms with van der Waals surface area (Å²) in [6, 6.07) is 12.4. The Morgan fingerprint density at radius 1 is 0.917 bits per heavy atom. The summed E-state index contributed by atoms with van der Waals surface area (Å²) in [7, 11) is 0. The maximum absolute atomic E-state index is 12.7. The van der Waals surface area contributed by atoms with Crippen LogP contribution in [0.25, 0.3) is 0 Å². The van der Waals surface area contributed by atoms with Gasteiger partial charge in [-0.2, -0.15) is 0 Å². The molecule has 0 fully saturated rings. The number of imide groups is 1. The number of hydrogen-bond donors (Lipinski definition) is 1. The largest absolute Gasteiger partial charge is 0.349 e. The topological polar surface area (TPSA) is 49.4 Å². The molecule has 0 unspecified atom stereocenters. The van der Waals surface area contributed by atoms with E-state index in [4.69, 9.17) is 23.2 Å². The number of rotatable bonds is 3. The van der Waals surface area contributed by atoms with E-state index in [2.05, 4.69) is 5.32 Å². The minimum atomic E-state index is -0.572. The van der Waals surface area contributed by atoms with E-state index >= 15 is 0 Å². The van der Waals surface area contributed by atoms with Gasteiger partial charge in [0.2, 0.25) is 0 Å². The molecule has 0 saturated carbocycles. The molecule has 0 bridgehead atoms. The third-order valence-electron chi connectivity index (χ3n) is 3.85. The fourth-order valence-corrected chi connectivity index (χ4v) is 2.80. The predicted octanol–water partition coefficient (Wildman–Crippen LogP) is 4.39. The van der Waals surface area contributed by atoms with Crippen LogP contribution in [0.3, 0.4) is 0 Å². The smallest absolute Gasteiger partial charge is 0.283 e. The Morgan fingerprint density at radius 2 is 1.62 bits per heavy atom. The number of halogens is 2. The van der Waals surface area contributed by atoms with E-state index < -0.39 is 11.8 Å². The van der Waals surface area contributed by atoms with Gasteiger partial charge in [0.15, 0.2) is 0 Å². The van der Waals surface area contributed by atoms with Crippen LogP contribution in [0, 0.1) is 13.8 Å². The van der Waals surface area contributed by atoms with Crippen molar-refractivity contribution in [2.75, 3.05) is 10.2 Å². The van der Waals surface area contributed by atoms with E-state index in [-0.39, 0.29) is 10.7 Å². The molecule has 0 atom stereocenters. The molecular weight excluding hydrogens is 347 g/mol. The van der Waals surface area contributed by atoms with E-state index in [0.717, 1.165) is 21.7 Å². The van der Waals surface area contributed by atoms with Gasteiger partial charge >= 0.3 is 0 Å². The lowest BCUT2D eigenvalue weighted by molar-refractivity contribution is -0.120. The van der Waals surface area contributed by atoms with Gasteiger partial charge in [0, 0.05) is 10.7 Å². The number of carbonyl (C=O) groups is 2. The molecule has 0 radical (unpaired) electrons. The summed E-state index contributed by atoms with van der Waals surface area (Å²) in [6.07, 6.45) is 0. The Balaban J connectivity index is 1.95. The van der Waals surface area contributed by atoms with Gasteiger partial charge < -0.3 is 5.32 Å². The summed E-state index contributed by atoms with van der Waals surface area (Å²) in [6.45, 7) is 3.74. The van der Waals surface area contributed by atoms with Gasteiger partial charge in [-0.15, -0.1) is 0 Å². The van der Waals surface area contributed by atoms with Crippen molar-refractivity contribution in [3.8, 4) is 0 Å². The second kappa shape index (κ2) is 6.30. The first-order valence-corrected chi connectivity index (χ1v) is 8.03. The zero-order valence-corrected chi connectivity index (χ0v) is 14.6. The lowest BCUT2D eigenvalue weighted by atomic mass is 10.2. The molecule has 0 aliphatic carbocycles. The highest BCUT2D eigenvalue weighted by molar-refractivity contribution is 6.53. The van der Waals surface area contributed by atoms with Crippen molar-refractivity contribution in [2.24, 2.45) is 0 Å². The lowest BCUT2D eigenvalue weighted by Crippen LogP contribution is -2.32. The Labute approximate surface area is 149 Å². The van der Waals surface area contributed by atoms with E-state index in [1.54, 1.807) is 18.2 Å². The summed E-state index contributed by atoms with van der Waals surface area (Å²) < 4.78 is 0. The molecule has 6 heteroatoms. The zero-order chi connectivity index (χ0) is 17.4. The van der Waals surface area contributed by atoms with Gasteiger partial charge in [-0.25, -0.2) is 4.90 Å². The van der Waals surface area contributed by atoms with E-state index in [1.165, 1.54) is 0 Å². The Hall–Kier alpha value is -2.30. The SMILES string of the molecule is Cc1ccc(N2C(=O)C(Cl)=C(Nc3ccccc3C)C2=O)cc1Cl. The monoisotopic (exact) mass is 360 g/mol. The number of anilines is 2. The summed E-state index contributed by atoms with van der Waals surface area (Å²) in [5.74, 6) is -1.08. The molecule has 1 aliphatic heterocycles. The standard InChI is InChI=1S/C18H14Cl2N2O2/c1-10-7-8-12(9-13(10)19)22-17(23)15(20)16(18(22)24)21-14-6-4-3-5-11(14)2/h3-9,21H,1-2H3. The van der Waals surface area contributed by atoms with Gasteiger partial charge in [-0.05, 0) is 43.2 Å². The van der Waals surface area contributed by atoms with Gasteiger partial charge in [0.25, 0.3) is 11.8 Å². The number of nitrogens with one attached hydrogen (secondary N) is 1. The first kappa shape index (κ1) is 16.6. The number of aryl methyl sites for hydroxylation is 2. The van der Waals surface area contributed by atoms with Crippen LogP contribution in [-0.2, 0) is 9.59 Å². The molecular formula is C18H14Cl2N2O2. The third kappa shape index (κ3) is 2.79.